The van der Waals surface area contributed by atoms with Crippen LogP contribution in [0.4, 0.5) is 0 Å². The average molecular weight is 354 g/mol. The molecule has 0 bridgehead atoms. The van der Waals surface area contributed by atoms with Crippen LogP contribution in [0, 0.1) is 16.7 Å². The van der Waals surface area contributed by atoms with Crippen LogP contribution >= 0.6 is 0 Å². The van der Waals surface area contributed by atoms with E-state index in [-0.39, 0.29) is 17.1 Å². The van der Waals surface area contributed by atoms with E-state index in [1.807, 2.05) is 28.8 Å². The molecular weight excluding hydrogens is 328 g/mol. The van der Waals surface area contributed by atoms with Crippen molar-refractivity contribution >= 4 is 11.0 Å². The standard InChI is InChI=1S/C20H26N4O2/c21-15-20(8-13-26-14-9-20)7-12-23-10-5-16(6-11-23)24-18-4-2-1-3-17(18)22-19(24)25/h1-4,16H,5-14H2,(H,22,25). The quantitative estimate of drug-likeness (QED) is 0.916. The second-order valence-corrected chi connectivity index (χ2v) is 7.64. The first-order valence-corrected chi connectivity index (χ1v) is 9.61. The fraction of sp³-hybridized carbons (Fsp3) is 0.600. The lowest BCUT2D eigenvalue weighted by Gasteiger charge is -2.36. The van der Waals surface area contributed by atoms with Gasteiger partial charge >= 0.3 is 5.69 Å². The maximum absolute atomic E-state index is 12.4. The Kier molecular flexibility index (Phi) is 4.84. The van der Waals surface area contributed by atoms with Gasteiger partial charge in [0, 0.05) is 32.3 Å². The molecule has 1 aromatic carbocycles. The predicted octanol–water partition coefficient (Wildman–Crippen LogP) is 2.68. The van der Waals surface area contributed by atoms with Gasteiger partial charge in [0.2, 0.25) is 0 Å². The van der Waals surface area contributed by atoms with Crippen molar-refractivity contribution < 1.29 is 4.74 Å². The van der Waals surface area contributed by atoms with Gasteiger partial charge in [0.05, 0.1) is 22.5 Å². The number of aromatic nitrogens is 2. The molecule has 1 N–H and O–H groups in total. The third kappa shape index (κ3) is 3.29. The Morgan fingerprint density at radius 3 is 2.69 bits per heavy atom. The van der Waals surface area contributed by atoms with Crippen molar-refractivity contribution in [3.8, 4) is 6.07 Å². The van der Waals surface area contributed by atoms with Crippen LogP contribution in [0.5, 0.6) is 0 Å². The number of para-hydroxylation sites is 2. The Morgan fingerprint density at radius 1 is 1.23 bits per heavy atom. The van der Waals surface area contributed by atoms with Crippen LogP contribution in [0.15, 0.2) is 29.1 Å². The number of H-pyrrole nitrogens is 1. The van der Waals surface area contributed by atoms with E-state index >= 15 is 0 Å². The first-order valence-electron chi connectivity index (χ1n) is 9.61. The molecule has 138 valence electrons. The molecule has 0 spiro atoms. The van der Waals surface area contributed by atoms with Gasteiger partial charge in [-0.3, -0.25) is 4.57 Å². The highest BCUT2D eigenvalue weighted by molar-refractivity contribution is 5.75. The second kappa shape index (κ2) is 7.26. The maximum atomic E-state index is 12.4. The van der Waals surface area contributed by atoms with Crippen LogP contribution in [0.2, 0.25) is 0 Å². The molecule has 3 heterocycles. The SMILES string of the molecule is N#CC1(CCN2CCC(n3c(=O)[nH]c4ccccc43)CC2)CCOCC1. The molecular formula is C20H26N4O2. The summed E-state index contributed by atoms with van der Waals surface area (Å²) in [4.78, 5) is 17.8. The lowest BCUT2D eigenvalue weighted by atomic mass is 9.78. The number of hydrogen-bond acceptors (Lipinski definition) is 4. The number of imidazole rings is 1. The molecule has 2 saturated heterocycles. The number of aromatic amines is 1. The van der Waals surface area contributed by atoms with Crippen LogP contribution in [0.25, 0.3) is 11.0 Å². The first kappa shape index (κ1) is 17.3. The summed E-state index contributed by atoms with van der Waals surface area (Å²) in [5.74, 6) is 0. The van der Waals surface area contributed by atoms with Gasteiger partial charge < -0.3 is 14.6 Å². The third-order valence-corrected chi connectivity index (χ3v) is 6.14. The fourth-order valence-electron chi connectivity index (χ4n) is 4.39. The Bertz CT molecular complexity index is 849. The van der Waals surface area contributed by atoms with Crippen molar-refractivity contribution in [1.29, 1.82) is 5.26 Å². The number of nitrogens with one attached hydrogen (secondary N) is 1. The fourth-order valence-corrected chi connectivity index (χ4v) is 4.39. The summed E-state index contributed by atoms with van der Waals surface area (Å²) in [6.07, 6.45) is 4.58. The molecule has 6 heteroatoms. The van der Waals surface area contributed by atoms with E-state index in [4.69, 9.17) is 4.74 Å². The highest BCUT2D eigenvalue weighted by Crippen LogP contribution is 2.34. The number of nitriles is 1. The lowest BCUT2D eigenvalue weighted by Crippen LogP contribution is -2.39. The molecule has 4 rings (SSSR count). The topological polar surface area (TPSA) is 74.0 Å². The van der Waals surface area contributed by atoms with Gasteiger partial charge in [-0.25, -0.2) is 4.79 Å². The number of benzene rings is 1. The van der Waals surface area contributed by atoms with E-state index in [0.29, 0.717) is 13.2 Å². The normalized spacial score (nSPS) is 21.7. The van der Waals surface area contributed by atoms with E-state index in [0.717, 1.165) is 62.8 Å². The molecule has 6 nitrogen and oxygen atoms in total. The second-order valence-electron chi connectivity index (χ2n) is 7.64. The van der Waals surface area contributed by atoms with E-state index in [1.54, 1.807) is 0 Å². The summed E-state index contributed by atoms with van der Waals surface area (Å²) in [5, 5.41) is 9.60. The minimum absolute atomic E-state index is 0.00436. The van der Waals surface area contributed by atoms with Gasteiger partial charge in [0.25, 0.3) is 0 Å². The van der Waals surface area contributed by atoms with Crippen LogP contribution in [0.1, 0.15) is 38.1 Å². The van der Waals surface area contributed by atoms with Crippen molar-refractivity contribution in [2.24, 2.45) is 5.41 Å². The molecule has 0 radical (unpaired) electrons. The largest absolute Gasteiger partial charge is 0.381 e. The van der Waals surface area contributed by atoms with Crippen LogP contribution in [-0.2, 0) is 4.74 Å². The zero-order chi connectivity index (χ0) is 18.0. The van der Waals surface area contributed by atoms with Gasteiger partial charge in [-0.05, 0) is 50.8 Å². The minimum atomic E-state index is -0.205. The molecule has 1 aromatic heterocycles. The maximum Gasteiger partial charge on any atom is 0.326 e. The summed E-state index contributed by atoms with van der Waals surface area (Å²) in [6.45, 7) is 4.34. The van der Waals surface area contributed by atoms with Crippen LogP contribution in [-0.4, -0.2) is 47.3 Å². The zero-order valence-corrected chi connectivity index (χ0v) is 15.1. The highest BCUT2D eigenvalue weighted by atomic mass is 16.5. The number of piperidine rings is 1. The molecule has 2 aliphatic rings. The van der Waals surface area contributed by atoms with E-state index in [9.17, 15) is 10.1 Å². The van der Waals surface area contributed by atoms with Crippen molar-refractivity contribution in [1.82, 2.24) is 14.5 Å². The van der Waals surface area contributed by atoms with Crippen molar-refractivity contribution in [3.63, 3.8) is 0 Å². The summed E-state index contributed by atoms with van der Waals surface area (Å²) < 4.78 is 7.35. The highest BCUT2D eigenvalue weighted by Gasteiger charge is 2.33. The Morgan fingerprint density at radius 2 is 1.96 bits per heavy atom. The summed E-state index contributed by atoms with van der Waals surface area (Å²) in [5.41, 5.74) is 1.70. The van der Waals surface area contributed by atoms with E-state index in [2.05, 4.69) is 16.0 Å². The molecule has 2 fully saturated rings. The Balaban J connectivity index is 1.38. The zero-order valence-electron chi connectivity index (χ0n) is 15.1. The van der Waals surface area contributed by atoms with Crippen LogP contribution in [0.3, 0.4) is 0 Å². The summed E-state index contributed by atoms with van der Waals surface area (Å²) >= 11 is 0. The molecule has 2 aliphatic heterocycles. The van der Waals surface area contributed by atoms with Gasteiger partial charge in [-0.2, -0.15) is 5.26 Å². The molecule has 26 heavy (non-hydrogen) atoms. The Labute approximate surface area is 153 Å². The molecule has 2 aromatic rings. The number of likely N-dealkylation sites (tertiary alicyclic amines) is 1. The van der Waals surface area contributed by atoms with Crippen molar-refractivity contribution in [2.45, 2.75) is 38.1 Å². The molecule has 0 atom stereocenters. The third-order valence-electron chi connectivity index (χ3n) is 6.14. The average Bonchev–Trinajstić information content (AvgIpc) is 3.03. The molecule has 0 aliphatic carbocycles. The first-order chi connectivity index (χ1) is 12.7. The van der Waals surface area contributed by atoms with Gasteiger partial charge in [0.1, 0.15) is 0 Å². The van der Waals surface area contributed by atoms with Crippen molar-refractivity contribution in [3.05, 3.63) is 34.7 Å². The van der Waals surface area contributed by atoms with Crippen LogP contribution < -0.4 is 5.69 Å². The smallest absolute Gasteiger partial charge is 0.326 e. The minimum Gasteiger partial charge on any atom is -0.381 e. The molecule has 0 saturated carbocycles. The number of fused-ring (bicyclic) bond motifs is 1. The van der Waals surface area contributed by atoms with Gasteiger partial charge in [-0.1, -0.05) is 12.1 Å². The number of hydrogen-bond donors (Lipinski definition) is 1. The summed E-state index contributed by atoms with van der Waals surface area (Å²) in [7, 11) is 0. The Hall–Kier alpha value is -2.10. The number of rotatable bonds is 4. The molecule has 0 amide bonds. The lowest BCUT2D eigenvalue weighted by molar-refractivity contribution is 0.0307. The van der Waals surface area contributed by atoms with E-state index in [1.165, 1.54) is 0 Å². The van der Waals surface area contributed by atoms with E-state index < -0.39 is 0 Å². The molecule has 0 unspecified atom stereocenters. The van der Waals surface area contributed by atoms with Crippen molar-refractivity contribution in [2.75, 3.05) is 32.8 Å². The summed E-state index contributed by atoms with van der Waals surface area (Å²) in [6, 6.07) is 10.7. The van der Waals surface area contributed by atoms with Gasteiger partial charge in [-0.15, -0.1) is 0 Å². The predicted molar refractivity (Wildman–Crippen MR) is 100.0 cm³/mol. The number of ether oxygens (including phenoxy) is 1. The monoisotopic (exact) mass is 354 g/mol. The number of nitrogens with zero attached hydrogens (tertiary/aromatic N) is 3. The van der Waals surface area contributed by atoms with Gasteiger partial charge in [0.15, 0.2) is 0 Å².